The third-order valence-electron chi connectivity index (χ3n) is 6.20. The van der Waals surface area contributed by atoms with E-state index in [0.29, 0.717) is 11.3 Å². The molecule has 0 aliphatic heterocycles. The molecule has 3 atom stereocenters. The summed E-state index contributed by atoms with van der Waals surface area (Å²) < 4.78 is 12.2. The van der Waals surface area contributed by atoms with Crippen LogP contribution in [0.5, 0.6) is 0 Å². The van der Waals surface area contributed by atoms with Crippen molar-refractivity contribution >= 4 is 40.7 Å². The average Bonchev–Trinajstić information content (AvgIpc) is 2.67. The van der Waals surface area contributed by atoms with Crippen molar-refractivity contribution in [2.75, 3.05) is 18.8 Å². The Morgan fingerprint density at radius 2 is 1.93 bits per heavy atom. The SMILES string of the molecule is CCNC(=NCC1(c2ccccc2)CCC1)NC1CCCC(S(=O)CC)C1.I. The van der Waals surface area contributed by atoms with Crippen LogP contribution in [-0.4, -0.2) is 40.3 Å². The van der Waals surface area contributed by atoms with Crippen molar-refractivity contribution in [2.45, 2.75) is 75.5 Å². The van der Waals surface area contributed by atoms with E-state index in [4.69, 9.17) is 4.99 Å². The van der Waals surface area contributed by atoms with Gasteiger partial charge < -0.3 is 10.6 Å². The number of rotatable bonds is 7. The molecule has 28 heavy (non-hydrogen) atoms. The van der Waals surface area contributed by atoms with Gasteiger partial charge >= 0.3 is 0 Å². The Bertz CT molecular complexity index is 648. The zero-order valence-corrected chi connectivity index (χ0v) is 20.4. The van der Waals surface area contributed by atoms with Crippen molar-refractivity contribution in [1.29, 1.82) is 0 Å². The third kappa shape index (κ3) is 5.94. The summed E-state index contributed by atoms with van der Waals surface area (Å²) in [6, 6.07) is 11.2. The number of aliphatic imine (C=N–C) groups is 1. The van der Waals surface area contributed by atoms with Crippen molar-refractivity contribution in [1.82, 2.24) is 10.6 Å². The number of halogens is 1. The standard InChI is InChI=1S/C22H35N3OS.HI/c1-3-23-21(25-19-12-8-13-20(16-19)27(26)4-2)24-17-22(14-9-15-22)18-10-6-5-7-11-18;/h5-7,10-11,19-20H,3-4,8-9,12-17H2,1-2H3,(H2,23,24,25);1H. The van der Waals surface area contributed by atoms with Crippen molar-refractivity contribution < 1.29 is 4.21 Å². The Hall–Kier alpha value is -0.630. The monoisotopic (exact) mass is 517 g/mol. The van der Waals surface area contributed by atoms with Crippen LogP contribution >= 0.6 is 24.0 Å². The minimum atomic E-state index is -0.688. The second-order valence-electron chi connectivity index (χ2n) is 7.99. The van der Waals surface area contributed by atoms with Crippen molar-refractivity contribution in [2.24, 2.45) is 4.99 Å². The quantitative estimate of drug-likeness (QED) is 0.321. The molecule has 1 aromatic carbocycles. The van der Waals surface area contributed by atoms with Gasteiger partial charge in [-0.05, 0) is 44.6 Å². The molecule has 6 heteroatoms. The molecule has 0 aromatic heterocycles. The molecular formula is C22H36IN3OS. The Kier molecular flexibility index (Phi) is 9.74. The van der Waals surface area contributed by atoms with Crippen LogP contribution in [0.25, 0.3) is 0 Å². The lowest BCUT2D eigenvalue weighted by Gasteiger charge is -2.41. The normalized spacial score (nSPS) is 25.1. The molecule has 0 heterocycles. The molecule has 0 radical (unpaired) electrons. The number of hydrogen-bond acceptors (Lipinski definition) is 2. The van der Waals surface area contributed by atoms with E-state index in [1.165, 1.54) is 24.8 Å². The highest BCUT2D eigenvalue weighted by Gasteiger charge is 2.38. The molecule has 3 rings (SSSR count). The Balaban J connectivity index is 0.00000280. The van der Waals surface area contributed by atoms with E-state index in [9.17, 15) is 4.21 Å². The summed E-state index contributed by atoms with van der Waals surface area (Å²) in [6.07, 6.45) is 8.13. The molecule has 0 bridgehead atoms. The lowest BCUT2D eigenvalue weighted by atomic mass is 9.64. The first-order valence-electron chi connectivity index (χ1n) is 10.6. The van der Waals surface area contributed by atoms with E-state index >= 15 is 0 Å². The first-order chi connectivity index (χ1) is 13.2. The van der Waals surface area contributed by atoms with Crippen LogP contribution in [0.3, 0.4) is 0 Å². The average molecular weight is 518 g/mol. The summed E-state index contributed by atoms with van der Waals surface area (Å²) in [4.78, 5) is 4.99. The van der Waals surface area contributed by atoms with Gasteiger partial charge in [-0.25, -0.2) is 0 Å². The maximum Gasteiger partial charge on any atom is 0.191 e. The van der Waals surface area contributed by atoms with Gasteiger partial charge in [-0.15, -0.1) is 24.0 Å². The van der Waals surface area contributed by atoms with Gasteiger partial charge in [0.15, 0.2) is 5.96 Å². The van der Waals surface area contributed by atoms with Crippen LogP contribution in [-0.2, 0) is 16.2 Å². The molecule has 158 valence electrons. The fraction of sp³-hybridized carbons (Fsp3) is 0.682. The van der Waals surface area contributed by atoms with Gasteiger partial charge in [0.05, 0.1) is 6.54 Å². The third-order valence-corrected chi connectivity index (χ3v) is 7.94. The molecule has 3 unspecified atom stereocenters. The van der Waals surface area contributed by atoms with E-state index in [-0.39, 0.29) is 29.4 Å². The van der Waals surface area contributed by atoms with E-state index < -0.39 is 10.8 Å². The second kappa shape index (κ2) is 11.5. The van der Waals surface area contributed by atoms with E-state index in [0.717, 1.165) is 50.5 Å². The summed E-state index contributed by atoms with van der Waals surface area (Å²) >= 11 is 0. The van der Waals surface area contributed by atoms with Crippen LogP contribution < -0.4 is 10.6 Å². The van der Waals surface area contributed by atoms with Crippen LogP contribution in [0, 0.1) is 0 Å². The highest BCUT2D eigenvalue weighted by atomic mass is 127. The molecule has 2 fully saturated rings. The van der Waals surface area contributed by atoms with Crippen molar-refractivity contribution in [3.8, 4) is 0 Å². The predicted molar refractivity (Wildman–Crippen MR) is 131 cm³/mol. The topological polar surface area (TPSA) is 53.5 Å². The Labute approximate surface area is 190 Å². The van der Waals surface area contributed by atoms with E-state index in [1.54, 1.807) is 0 Å². The molecule has 2 N–H and O–H groups in total. The first-order valence-corrected chi connectivity index (χ1v) is 12.0. The van der Waals surface area contributed by atoms with Crippen LogP contribution in [0.4, 0.5) is 0 Å². The molecule has 0 amide bonds. The fourth-order valence-electron chi connectivity index (χ4n) is 4.43. The minimum absolute atomic E-state index is 0. The number of nitrogens with zero attached hydrogens (tertiary/aromatic N) is 1. The van der Waals surface area contributed by atoms with Gasteiger partial charge in [0.2, 0.25) is 0 Å². The number of hydrogen-bond donors (Lipinski definition) is 2. The van der Waals surface area contributed by atoms with Gasteiger partial charge in [-0.1, -0.05) is 50.1 Å². The Morgan fingerprint density at radius 3 is 2.54 bits per heavy atom. The van der Waals surface area contributed by atoms with Gasteiger partial charge in [0.25, 0.3) is 0 Å². The fourth-order valence-corrected chi connectivity index (χ4v) is 5.78. The highest BCUT2D eigenvalue weighted by molar-refractivity contribution is 14.0. The summed E-state index contributed by atoms with van der Waals surface area (Å²) in [7, 11) is -0.688. The van der Waals surface area contributed by atoms with Crippen LogP contribution in [0.2, 0.25) is 0 Å². The van der Waals surface area contributed by atoms with Crippen LogP contribution in [0.1, 0.15) is 64.4 Å². The lowest BCUT2D eigenvalue weighted by Crippen LogP contribution is -2.47. The van der Waals surface area contributed by atoms with E-state index in [1.807, 2.05) is 6.92 Å². The van der Waals surface area contributed by atoms with Crippen molar-refractivity contribution in [3.63, 3.8) is 0 Å². The molecule has 0 spiro atoms. The summed E-state index contributed by atoms with van der Waals surface area (Å²) in [5, 5.41) is 7.40. The summed E-state index contributed by atoms with van der Waals surface area (Å²) in [5.41, 5.74) is 1.63. The van der Waals surface area contributed by atoms with Gasteiger partial charge in [0, 0.05) is 39.8 Å². The maximum atomic E-state index is 12.2. The highest BCUT2D eigenvalue weighted by Crippen LogP contribution is 2.43. The number of guanidine groups is 1. The van der Waals surface area contributed by atoms with Gasteiger partial charge in [-0.2, -0.15) is 0 Å². The second-order valence-corrected chi connectivity index (χ2v) is 10.00. The summed E-state index contributed by atoms with van der Waals surface area (Å²) in [5.74, 6) is 1.69. The molecule has 0 saturated heterocycles. The molecule has 2 aliphatic rings. The first kappa shape index (κ1) is 23.6. The lowest BCUT2D eigenvalue weighted by molar-refractivity contribution is 0.253. The van der Waals surface area contributed by atoms with Gasteiger partial charge in [-0.3, -0.25) is 9.20 Å². The summed E-state index contributed by atoms with van der Waals surface area (Å²) in [6.45, 7) is 5.84. The van der Waals surface area contributed by atoms with Crippen LogP contribution in [0.15, 0.2) is 35.3 Å². The van der Waals surface area contributed by atoms with E-state index in [2.05, 4.69) is 47.9 Å². The Morgan fingerprint density at radius 1 is 1.18 bits per heavy atom. The zero-order valence-electron chi connectivity index (χ0n) is 17.3. The maximum absolute atomic E-state index is 12.2. The largest absolute Gasteiger partial charge is 0.357 e. The molecule has 2 saturated carbocycles. The van der Waals surface area contributed by atoms with Gasteiger partial charge in [0.1, 0.15) is 0 Å². The minimum Gasteiger partial charge on any atom is -0.357 e. The molecule has 1 aromatic rings. The smallest absolute Gasteiger partial charge is 0.191 e. The predicted octanol–water partition coefficient (Wildman–Crippen LogP) is 4.36. The molecule has 2 aliphatic carbocycles. The molecule has 4 nitrogen and oxygen atoms in total. The number of benzene rings is 1. The van der Waals surface area contributed by atoms with Crippen molar-refractivity contribution in [3.05, 3.63) is 35.9 Å². The number of nitrogens with one attached hydrogen (secondary N) is 2. The zero-order chi connectivity index (χ0) is 19.1. The molecular weight excluding hydrogens is 481 g/mol.